The van der Waals surface area contributed by atoms with E-state index >= 15 is 0 Å². The first-order valence-electron chi connectivity index (χ1n) is 18.5. The second-order valence-electron chi connectivity index (χ2n) is 14.3. The van der Waals surface area contributed by atoms with E-state index in [9.17, 15) is 23.2 Å². The molecule has 0 saturated carbocycles. The molecule has 4 heterocycles. The van der Waals surface area contributed by atoms with Gasteiger partial charge in [-0.05, 0) is 119 Å². The highest BCUT2D eigenvalue weighted by Crippen LogP contribution is 2.26. The summed E-state index contributed by atoms with van der Waals surface area (Å²) in [6, 6.07) is 22.5. The predicted octanol–water partition coefficient (Wildman–Crippen LogP) is 6.11. The maximum atomic E-state index is 13.4. The lowest BCUT2D eigenvalue weighted by Crippen LogP contribution is -2.45. The summed E-state index contributed by atoms with van der Waals surface area (Å²) in [7, 11) is 1.00. The Bertz CT molecular complexity index is 1760. The van der Waals surface area contributed by atoms with Crippen LogP contribution in [-0.4, -0.2) is 76.8 Å². The van der Waals surface area contributed by atoms with Crippen molar-refractivity contribution in [1.29, 1.82) is 0 Å². The van der Waals surface area contributed by atoms with E-state index in [1.54, 1.807) is 47.6 Å². The van der Waals surface area contributed by atoms with Gasteiger partial charge in [-0.15, -0.1) is 0 Å². The number of aliphatic hydroxyl groups excluding tert-OH is 1. The number of rotatable bonds is 8. The number of pyridine rings is 2. The Labute approximate surface area is 321 Å². The lowest BCUT2D eigenvalue weighted by atomic mass is 9.94. The smallest absolute Gasteiger partial charge is 0.410 e. The molecular weight excluding hydrogens is 706 g/mol. The third kappa shape index (κ3) is 13.2. The van der Waals surface area contributed by atoms with E-state index in [4.69, 9.17) is 9.84 Å². The van der Waals surface area contributed by atoms with Crippen molar-refractivity contribution in [1.82, 2.24) is 30.8 Å². The molecule has 4 N–H and O–H groups in total. The summed E-state index contributed by atoms with van der Waals surface area (Å²) >= 11 is 0. The molecule has 0 spiro atoms. The van der Waals surface area contributed by atoms with Gasteiger partial charge in [0.25, 0.3) is 0 Å². The molecule has 11 nitrogen and oxygen atoms in total. The normalized spacial score (nSPS) is 15.9. The number of nitrogens with one attached hydrogen (secondary N) is 3. The molecular formula is C42H52F2N6O5. The van der Waals surface area contributed by atoms with Crippen molar-refractivity contribution < 1.29 is 33.0 Å². The van der Waals surface area contributed by atoms with Gasteiger partial charge in [0.15, 0.2) is 0 Å². The molecule has 0 radical (unpaired) electrons. The van der Waals surface area contributed by atoms with Gasteiger partial charge < -0.3 is 30.7 Å². The minimum absolute atomic E-state index is 0.0166. The Balaban J connectivity index is 0.000000241. The molecule has 2 unspecified atom stereocenters. The summed E-state index contributed by atoms with van der Waals surface area (Å²) in [5.41, 5.74) is 2.48. The van der Waals surface area contributed by atoms with Crippen molar-refractivity contribution in [3.05, 3.63) is 131 Å². The van der Waals surface area contributed by atoms with Gasteiger partial charge in [-0.2, -0.15) is 0 Å². The number of aromatic nitrogens is 2. The van der Waals surface area contributed by atoms with Gasteiger partial charge in [-0.1, -0.05) is 36.4 Å². The third-order valence-corrected chi connectivity index (χ3v) is 9.17. The fourth-order valence-electron chi connectivity index (χ4n) is 6.32. The van der Waals surface area contributed by atoms with Crippen molar-refractivity contribution >= 4 is 17.9 Å². The number of ether oxygens (including phenoxy) is 1. The van der Waals surface area contributed by atoms with Crippen LogP contribution in [0.1, 0.15) is 81.1 Å². The molecule has 6 rings (SSSR count). The van der Waals surface area contributed by atoms with Gasteiger partial charge in [0, 0.05) is 44.4 Å². The van der Waals surface area contributed by atoms with Crippen molar-refractivity contribution in [2.75, 3.05) is 33.3 Å². The summed E-state index contributed by atoms with van der Waals surface area (Å²) in [5.74, 6) is -0.888. The van der Waals surface area contributed by atoms with Crippen LogP contribution in [0.5, 0.6) is 0 Å². The maximum Gasteiger partial charge on any atom is 0.410 e. The molecule has 2 aromatic carbocycles. The molecule has 2 aliphatic rings. The average molecular weight is 759 g/mol. The lowest BCUT2D eigenvalue weighted by molar-refractivity contribution is -0.127. The number of carbonyl (C=O) groups excluding carboxylic acids is 3. The van der Waals surface area contributed by atoms with Crippen LogP contribution >= 0.6 is 0 Å². The second kappa shape index (κ2) is 21.0. The van der Waals surface area contributed by atoms with Crippen molar-refractivity contribution in [2.45, 2.75) is 64.1 Å². The Kier molecular flexibility index (Phi) is 16.2. The molecule has 2 saturated heterocycles. The first kappa shape index (κ1) is 42.5. The number of benzene rings is 2. The standard InChI is InChI=1S/C23H28FN3O3.C18H20FN3O.CH4O/c1-23(2,3)30-22(29)27-14-11-17(12-15-27)21(28)26-20(19-6-4-5-13-25-19)16-7-9-18(24)10-8-16;19-15-6-4-13(5-7-15)17(16-3-1-2-10-21-16)22-18(23)14-8-11-20-12-9-14;1-2/h4-10,13,17,20H,11-12,14-15H2,1-3H3,(H,26,28);1-7,10,14,17,20H,8-9,11-12H2,(H,22,23);2H,1H3. The Morgan fingerprint density at radius 1 is 0.709 bits per heavy atom. The van der Waals surface area contributed by atoms with E-state index in [-0.39, 0.29) is 47.4 Å². The fraction of sp³-hybridized carbons (Fsp3) is 0.405. The van der Waals surface area contributed by atoms with E-state index in [0.29, 0.717) is 31.6 Å². The Morgan fingerprint density at radius 3 is 1.51 bits per heavy atom. The van der Waals surface area contributed by atoms with Gasteiger partial charge in [0.05, 0.1) is 23.5 Å². The number of hydrogen-bond acceptors (Lipinski definition) is 8. The van der Waals surface area contributed by atoms with E-state index in [2.05, 4.69) is 25.9 Å². The number of nitrogens with zero attached hydrogens (tertiary/aromatic N) is 3. The summed E-state index contributed by atoms with van der Waals surface area (Å²) in [6.45, 7) is 8.16. The van der Waals surface area contributed by atoms with Crippen LogP contribution in [0.4, 0.5) is 13.6 Å². The van der Waals surface area contributed by atoms with Crippen LogP contribution < -0.4 is 16.0 Å². The number of piperidine rings is 2. The van der Waals surface area contributed by atoms with Crippen molar-refractivity contribution in [3.63, 3.8) is 0 Å². The molecule has 0 aliphatic carbocycles. The number of amides is 3. The Hall–Kier alpha value is -5.27. The van der Waals surface area contributed by atoms with Crippen LogP contribution in [0.25, 0.3) is 0 Å². The SMILES string of the molecule is CC(C)(C)OC(=O)N1CCC(C(=O)NC(c2ccc(F)cc2)c2ccccn2)CC1.CO.O=C(NC(c1ccc(F)cc1)c1ccccn1)C1CCNCC1. The summed E-state index contributed by atoms with van der Waals surface area (Å²) in [5, 5.41) is 16.4. The van der Waals surface area contributed by atoms with E-state index in [0.717, 1.165) is 49.9 Å². The number of carbonyl (C=O) groups is 3. The summed E-state index contributed by atoms with van der Waals surface area (Å²) in [6.07, 6.45) is 5.81. The van der Waals surface area contributed by atoms with Gasteiger partial charge in [0.1, 0.15) is 17.2 Å². The topological polar surface area (TPSA) is 146 Å². The quantitative estimate of drug-likeness (QED) is 0.169. The van der Waals surface area contributed by atoms with E-state index in [1.807, 2.05) is 51.1 Å². The minimum Gasteiger partial charge on any atom is -0.444 e. The zero-order valence-electron chi connectivity index (χ0n) is 31.9. The highest BCUT2D eigenvalue weighted by Gasteiger charge is 2.31. The van der Waals surface area contributed by atoms with E-state index in [1.165, 1.54) is 24.3 Å². The maximum absolute atomic E-state index is 13.4. The summed E-state index contributed by atoms with van der Waals surface area (Å²) in [4.78, 5) is 48.2. The van der Waals surface area contributed by atoms with E-state index < -0.39 is 11.6 Å². The first-order chi connectivity index (χ1) is 26.5. The highest BCUT2D eigenvalue weighted by atomic mass is 19.1. The van der Waals surface area contributed by atoms with Crippen molar-refractivity contribution in [3.8, 4) is 0 Å². The number of halogens is 2. The number of likely N-dealkylation sites (tertiary alicyclic amines) is 1. The van der Waals surface area contributed by atoms with Crippen LogP contribution in [0.2, 0.25) is 0 Å². The number of aliphatic hydroxyl groups is 1. The van der Waals surface area contributed by atoms with Gasteiger partial charge in [-0.3, -0.25) is 19.6 Å². The van der Waals surface area contributed by atoms with Crippen LogP contribution in [0.3, 0.4) is 0 Å². The monoisotopic (exact) mass is 758 g/mol. The zero-order chi connectivity index (χ0) is 39.8. The fourth-order valence-corrected chi connectivity index (χ4v) is 6.32. The first-order valence-corrected chi connectivity index (χ1v) is 18.5. The molecule has 2 aliphatic heterocycles. The zero-order valence-corrected chi connectivity index (χ0v) is 31.9. The Morgan fingerprint density at radius 2 is 1.13 bits per heavy atom. The van der Waals surface area contributed by atoms with Crippen LogP contribution in [0.15, 0.2) is 97.3 Å². The second-order valence-corrected chi connectivity index (χ2v) is 14.3. The summed E-state index contributed by atoms with van der Waals surface area (Å²) < 4.78 is 32.0. The molecule has 4 aromatic rings. The minimum atomic E-state index is -0.545. The van der Waals surface area contributed by atoms with Crippen LogP contribution in [-0.2, 0) is 14.3 Å². The predicted molar refractivity (Wildman–Crippen MR) is 206 cm³/mol. The average Bonchev–Trinajstić information content (AvgIpc) is 3.21. The molecule has 294 valence electrons. The molecule has 2 fully saturated rings. The lowest BCUT2D eigenvalue weighted by Gasteiger charge is -2.33. The molecule has 55 heavy (non-hydrogen) atoms. The third-order valence-electron chi connectivity index (χ3n) is 9.17. The highest BCUT2D eigenvalue weighted by molar-refractivity contribution is 5.80. The molecule has 13 heteroatoms. The van der Waals surface area contributed by atoms with Gasteiger partial charge >= 0.3 is 6.09 Å². The van der Waals surface area contributed by atoms with Crippen molar-refractivity contribution in [2.24, 2.45) is 11.8 Å². The van der Waals surface area contributed by atoms with Crippen LogP contribution in [0, 0.1) is 23.5 Å². The van der Waals surface area contributed by atoms with Gasteiger partial charge in [-0.25, -0.2) is 13.6 Å². The number of hydrogen-bond donors (Lipinski definition) is 4. The molecule has 3 amide bonds. The molecule has 2 atom stereocenters. The molecule has 0 bridgehead atoms. The largest absolute Gasteiger partial charge is 0.444 e. The van der Waals surface area contributed by atoms with Gasteiger partial charge in [0.2, 0.25) is 11.8 Å². The molecule has 2 aromatic heterocycles.